The first-order valence-electron chi connectivity index (χ1n) is 6.94. The van der Waals surface area contributed by atoms with Gasteiger partial charge >= 0.3 is 5.97 Å². The fraction of sp³-hybridized carbons (Fsp3) is 0.786. The number of carbonyl (C=O) groups is 3. The first-order valence-corrected chi connectivity index (χ1v) is 6.94. The zero-order chi connectivity index (χ0) is 16.7. The fourth-order valence-corrected chi connectivity index (χ4v) is 2.24. The summed E-state index contributed by atoms with van der Waals surface area (Å²) in [6.07, 6.45) is 0.773. The van der Waals surface area contributed by atoms with Gasteiger partial charge in [-0.05, 0) is 12.8 Å². The Morgan fingerprint density at radius 1 is 1.05 bits per heavy atom. The lowest BCUT2D eigenvalue weighted by molar-refractivity contribution is -0.875. The number of quaternary nitrogens is 1. The van der Waals surface area contributed by atoms with Crippen LogP contribution in [0.3, 0.4) is 0 Å². The van der Waals surface area contributed by atoms with Crippen molar-refractivity contribution in [2.45, 2.75) is 44.1 Å². The SMILES string of the molecule is C[N+](C)(C)CC(O)(CC(=O)[O-])C(=O)CCCCCC(=O)O. The molecule has 7 nitrogen and oxygen atoms in total. The first kappa shape index (κ1) is 19.5. The number of Topliss-reactive ketones (excluding diaryl/α,β-unsaturated/α-hetero) is 1. The minimum Gasteiger partial charge on any atom is -0.550 e. The third-order valence-electron chi connectivity index (χ3n) is 2.99. The monoisotopic (exact) mass is 303 g/mol. The molecule has 0 aromatic rings. The molecule has 0 radical (unpaired) electrons. The number of aliphatic hydroxyl groups is 1. The largest absolute Gasteiger partial charge is 0.550 e. The summed E-state index contributed by atoms with van der Waals surface area (Å²) in [6.45, 7) is -0.0189. The molecule has 0 saturated heterocycles. The van der Waals surface area contributed by atoms with Crippen LogP contribution in [0.1, 0.15) is 38.5 Å². The van der Waals surface area contributed by atoms with E-state index < -0.39 is 29.7 Å². The van der Waals surface area contributed by atoms with Crippen LogP contribution in [0.4, 0.5) is 0 Å². The Labute approximate surface area is 124 Å². The molecule has 0 spiro atoms. The molecule has 0 heterocycles. The number of carboxylic acid groups (broad SMARTS) is 2. The van der Waals surface area contributed by atoms with Gasteiger partial charge in [-0.2, -0.15) is 0 Å². The van der Waals surface area contributed by atoms with Crippen LogP contribution in [0.2, 0.25) is 0 Å². The third kappa shape index (κ3) is 9.14. The number of rotatable bonds is 11. The lowest BCUT2D eigenvalue weighted by atomic mass is 9.89. The fourth-order valence-electron chi connectivity index (χ4n) is 2.24. The van der Waals surface area contributed by atoms with Crippen LogP contribution in [0.25, 0.3) is 0 Å². The highest BCUT2D eigenvalue weighted by Gasteiger charge is 2.40. The molecule has 0 aliphatic carbocycles. The number of nitrogens with zero attached hydrogens (tertiary/aromatic N) is 1. The molecular formula is C14H25NO6. The summed E-state index contributed by atoms with van der Waals surface area (Å²) in [7, 11) is 5.25. The quantitative estimate of drug-likeness (QED) is 0.380. The summed E-state index contributed by atoms with van der Waals surface area (Å²) < 4.78 is 0.245. The van der Waals surface area contributed by atoms with Crippen LogP contribution in [-0.4, -0.2) is 65.7 Å². The molecule has 0 aromatic heterocycles. The van der Waals surface area contributed by atoms with Crippen LogP contribution < -0.4 is 5.11 Å². The Morgan fingerprint density at radius 2 is 1.57 bits per heavy atom. The number of hydrogen-bond acceptors (Lipinski definition) is 5. The zero-order valence-electron chi connectivity index (χ0n) is 12.9. The minimum absolute atomic E-state index is 0.0189. The number of carbonyl (C=O) groups excluding carboxylic acids is 2. The van der Waals surface area contributed by atoms with Gasteiger partial charge in [0.05, 0.1) is 21.1 Å². The van der Waals surface area contributed by atoms with Gasteiger partial charge in [-0.15, -0.1) is 0 Å². The van der Waals surface area contributed by atoms with Gasteiger partial charge < -0.3 is 24.6 Å². The average Bonchev–Trinajstić information content (AvgIpc) is 2.23. The van der Waals surface area contributed by atoms with E-state index in [0.717, 1.165) is 0 Å². The van der Waals surface area contributed by atoms with E-state index in [1.807, 2.05) is 0 Å². The molecule has 0 amide bonds. The summed E-state index contributed by atoms with van der Waals surface area (Å²) in [6, 6.07) is 0. The van der Waals surface area contributed by atoms with Crippen molar-refractivity contribution >= 4 is 17.7 Å². The van der Waals surface area contributed by atoms with E-state index in [1.165, 1.54) is 0 Å². The van der Waals surface area contributed by atoms with E-state index in [0.29, 0.717) is 19.3 Å². The van der Waals surface area contributed by atoms with Gasteiger partial charge in [-0.3, -0.25) is 9.59 Å². The van der Waals surface area contributed by atoms with Gasteiger partial charge in [0.25, 0.3) is 0 Å². The predicted octanol–water partition coefficient (Wildman–Crippen LogP) is -0.832. The molecule has 2 N–H and O–H groups in total. The summed E-state index contributed by atoms with van der Waals surface area (Å²) in [5.41, 5.74) is -1.94. The molecule has 21 heavy (non-hydrogen) atoms. The number of hydrogen-bond donors (Lipinski definition) is 2. The summed E-state index contributed by atoms with van der Waals surface area (Å²) >= 11 is 0. The molecule has 0 aliphatic rings. The van der Waals surface area contributed by atoms with Crippen molar-refractivity contribution in [3.05, 3.63) is 0 Å². The van der Waals surface area contributed by atoms with Crippen LogP contribution in [0, 0.1) is 0 Å². The van der Waals surface area contributed by atoms with E-state index in [1.54, 1.807) is 21.1 Å². The highest BCUT2D eigenvalue weighted by atomic mass is 16.4. The zero-order valence-corrected chi connectivity index (χ0v) is 12.9. The molecule has 0 fully saturated rings. The predicted molar refractivity (Wildman–Crippen MR) is 73.2 cm³/mol. The molecule has 1 atom stereocenters. The molecule has 0 rings (SSSR count). The lowest BCUT2D eigenvalue weighted by Gasteiger charge is -2.34. The van der Waals surface area contributed by atoms with E-state index in [4.69, 9.17) is 5.11 Å². The molecule has 122 valence electrons. The molecular weight excluding hydrogens is 278 g/mol. The average molecular weight is 303 g/mol. The Kier molecular flexibility index (Phi) is 7.52. The summed E-state index contributed by atoms with van der Waals surface area (Å²) in [5.74, 6) is -2.89. The van der Waals surface area contributed by atoms with Crippen LogP contribution in [0.15, 0.2) is 0 Å². The molecule has 0 bridgehead atoms. The van der Waals surface area contributed by atoms with Gasteiger partial charge in [0.1, 0.15) is 6.54 Å². The Hall–Kier alpha value is -1.47. The van der Waals surface area contributed by atoms with Gasteiger partial charge in [-0.1, -0.05) is 6.42 Å². The van der Waals surface area contributed by atoms with Gasteiger partial charge in [-0.25, -0.2) is 0 Å². The maximum absolute atomic E-state index is 12.1. The molecule has 0 aromatic carbocycles. The molecule has 1 unspecified atom stereocenters. The van der Waals surface area contributed by atoms with Crippen LogP contribution in [-0.2, 0) is 14.4 Å². The van der Waals surface area contributed by atoms with Crippen molar-refractivity contribution in [1.82, 2.24) is 0 Å². The first-order chi connectivity index (χ1) is 9.46. The summed E-state index contributed by atoms with van der Waals surface area (Å²) in [5, 5.41) is 29.6. The van der Waals surface area contributed by atoms with Gasteiger partial charge in [0, 0.05) is 25.2 Å². The second-order valence-electron chi connectivity index (χ2n) is 6.41. The van der Waals surface area contributed by atoms with Gasteiger partial charge in [0.15, 0.2) is 11.4 Å². The normalized spacial score (nSPS) is 14.5. The van der Waals surface area contributed by atoms with Crippen molar-refractivity contribution in [3.8, 4) is 0 Å². The number of ketones is 1. The number of unbranched alkanes of at least 4 members (excludes halogenated alkanes) is 2. The lowest BCUT2D eigenvalue weighted by Crippen LogP contribution is -2.56. The number of aliphatic carboxylic acids is 2. The topological polar surface area (TPSA) is 115 Å². The maximum atomic E-state index is 12.1. The van der Waals surface area contributed by atoms with E-state index in [2.05, 4.69) is 0 Å². The standard InChI is InChI=1S/C14H25NO6/c1-15(2,3)10-14(21,9-13(19)20)11(16)7-5-4-6-8-12(17)18/h21H,4-10H2,1-3H3,(H-,17,18,19,20). The molecule has 7 heteroatoms. The van der Waals surface area contributed by atoms with E-state index in [-0.39, 0.29) is 23.9 Å². The Balaban J connectivity index is 4.52. The highest BCUT2D eigenvalue weighted by Crippen LogP contribution is 2.19. The van der Waals surface area contributed by atoms with Crippen molar-refractivity contribution in [2.24, 2.45) is 0 Å². The van der Waals surface area contributed by atoms with Crippen molar-refractivity contribution in [1.29, 1.82) is 0 Å². The highest BCUT2D eigenvalue weighted by molar-refractivity contribution is 5.90. The smallest absolute Gasteiger partial charge is 0.303 e. The molecule has 0 saturated carbocycles. The van der Waals surface area contributed by atoms with E-state index in [9.17, 15) is 24.6 Å². The van der Waals surface area contributed by atoms with Crippen molar-refractivity contribution < 1.29 is 34.2 Å². The van der Waals surface area contributed by atoms with Crippen LogP contribution >= 0.6 is 0 Å². The minimum atomic E-state index is -1.94. The maximum Gasteiger partial charge on any atom is 0.303 e. The Bertz CT molecular complexity index is 387. The molecule has 0 aliphatic heterocycles. The van der Waals surface area contributed by atoms with Gasteiger partial charge in [0.2, 0.25) is 0 Å². The number of likely N-dealkylation sites (N-methyl/N-ethyl adjacent to an activating group) is 1. The summed E-state index contributed by atoms with van der Waals surface area (Å²) in [4.78, 5) is 33.2. The Morgan fingerprint density at radius 3 is 2.00 bits per heavy atom. The number of carboxylic acids is 2. The second-order valence-corrected chi connectivity index (χ2v) is 6.41. The second kappa shape index (κ2) is 8.09. The van der Waals surface area contributed by atoms with Crippen LogP contribution in [0.5, 0.6) is 0 Å². The third-order valence-corrected chi connectivity index (χ3v) is 2.99. The van der Waals surface area contributed by atoms with E-state index >= 15 is 0 Å². The van der Waals surface area contributed by atoms with Crippen molar-refractivity contribution in [2.75, 3.05) is 27.7 Å². The van der Waals surface area contributed by atoms with Crippen molar-refractivity contribution in [3.63, 3.8) is 0 Å².